The molecule has 122 valence electrons. The van der Waals surface area contributed by atoms with Crippen molar-refractivity contribution in [1.29, 1.82) is 0 Å². The first-order valence-corrected chi connectivity index (χ1v) is 7.77. The second-order valence-corrected chi connectivity index (χ2v) is 5.44. The predicted molar refractivity (Wildman–Crippen MR) is 94.1 cm³/mol. The van der Waals surface area contributed by atoms with Crippen LogP contribution in [-0.4, -0.2) is 22.4 Å². The lowest BCUT2D eigenvalue weighted by atomic mass is 10.2. The van der Waals surface area contributed by atoms with E-state index >= 15 is 0 Å². The molecule has 1 amide bonds. The highest BCUT2D eigenvalue weighted by Crippen LogP contribution is 2.19. The van der Waals surface area contributed by atoms with Crippen molar-refractivity contribution in [2.75, 3.05) is 7.11 Å². The van der Waals surface area contributed by atoms with Crippen LogP contribution in [0.25, 0.3) is 11.7 Å². The Morgan fingerprint density at radius 1 is 1.29 bits per heavy atom. The first kappa shape index (κ1) is 16.1. The molecule has 3 rings (SSSR count). The van der Waals surface area contributed by atoms with E-state index in [2.05, 4.69) is 10.3 Å². The largest absolute Gasteiger partial charge is 0.496 e. The van der Waals surface area contributed by atoms with Gasteiger partial charge < -0.3 is 10.1 Å². The van der Waals surface area contributed by atoms with Crippen molar-refractivity contribution in [2.24, 2.45) is 0 Å². The smallest absolute Gasteiger partial charge is 0.244 e. The molecule has 1 aromatic carbocycles. The summed E-state index contributed by atoms with van der Waals surface area (Å²) in [6.07, 6.45) is 4.94. The van der Waals surface area contributed by atoms with Crippen LogP contribution in [0.2, 0.25) is 5.15 Å². The van der Waals surface area contributed by atoms with E-state index in [9.17, 15) is 4.79 Å². The fourth-order valence-corrected chi connectivity index (χ4v) is 2.62. The molecule has 0 unspecified atom stereocenters. The summed E-state index contributed by atoms with van der Waals surface area (Å²) in [4.78, 5) is 16.3. The number of fused-ring (bicyclic) bond motifs is 1. The number of nitrogens with one attached hydrogen (secondary N) is 1. The summed E-state index contributed by atoms with van der Waals surface area (Å²) in [6.45, 7) is 0.383. The maximum atomic E-state index is 12.0. The Kier molecular flexibility index (Phi) is 4.82. The average molecular weight is 342 g/mol. The quantitative estimate of drug-likeness (QED) is 0.724. The van der Waals surface area contributed by atoms with E-state index in [0.717, 1.165) is 17.0 Å². The van der Waals surface area contributed by atoms with Gasteiger partial charge in [-0.25, -0.2) is 4.98 Å². The number of halogens is 1. The molecular weight excluding hydrogens is 326 g/mol. The van der Waals surface area contributed by atoms with Gasteiger partial charge >= 0.3 is 0 Å². The van der Waals surface area contributed by atoms with Crippen LogP contribution >= 0.6 is 11.6 Å². The van der Waals surface area contributed by atoms with E-state index < -0.39 is 0 Å². The topological polar surface area (TPSA) is 55.6 Å². The van der Waals surface area contributed by atoms with Gasteiger partial charge in [-0.05, 0) is 24.3 Å². The molecule has 0 saturated heterocycles. The van der Waals surface area contributed by atoms with Crippen LogP contribution in [0.3, 0.4) is 0 Å². The van der Waals surface area contributed by atoms with Crippen molar-refractivity contribution < 1.29 is 9.53 Å². The first-order chi connectivity index (χ1) is 11.7. The molecular formula is C18H16ClN3O2. The Hall–Kier alpha value is -2.79. The number of carbonyl (C=O) groups excluding carboxylic acids is 1. The highest BCUT2D eigenvalue weighted by Gasteiger charge is 2.07. The Bertz CT molecular complexity index is 902. The lowest BCUT2D eigenvalue weighted by Crippen LogP contribution is -2.20. The highest BCUT2D eigenvalue weighted by molar-refractivity contribution is 6.31. The molecule has 5 nitrogen and oxygen atoms in total. The average Bonchev–Trinajstić information content (AvgIpc) is 2.93. The minimum absolute atomic E-state index is 0.220. The second-order valence-electron chi connectivity index (χ2n) is 5.08. The number of benzene rings is 1. The Morgan fingerprint density at radius 3 is 2.92 bits per heavy atom. The predicted octanol–water partition coefficient (Wildman–Crippen LogP) is 3.33. The molecule has 1 N–H and O–H groups in total. The van der Waals surface area contributed by atoms with E-state index in [1.54, 1.807) is 13.2 Å². The molecule has 2 heterocycles. The fourth-order valence-electron chi connectivity index (χ4n) is 2.38. The molecule has 0 spiro atoms. The zero-order valence-corrected chi connectivity index (χ0v) is 13.8. The molecule has 0 aliphatic heterocycles. The van der Waals surface area contributed by atoms with Crippen molar-refractivity contribution in [1.82, 2.24) is 14.7 Å². The van der Waals surface area contributed by atoms with E-state index in [4.69, 9.17) is 16.3 Å². The van der Waals surface area contributed by atoms with E-state index in [1.165, 1.54) is 6.08 Å². The van der Waals surface area contributed by atoms with Gasteiger partial charge in [-0.3, -0.25) is 9.20 Å². The van der Waals surface area contributed by atoms with Crippen LogP contribution in [0.4, 0.5) is 0 Å². The third kappa shape index (κ3) is 3.41. The number of hydrogen-bond acceptors (Lipinski definition) is 3. The van der Waals surface area contributed by atoms with Crippen LogP contribution in [0, 0.1) is 0 Å². The number of methoxy groups -OCH3 is 1. The number of pyridine rings is 1. The monoisotopic (exact) mass is 341 g/mol. The number of carbonyl (C=O) groups is 1. The van der Waals surface area contributed by atoms with Gasteiger partial charge in [0.25, 0.3) is 0 Å². The van der Waals surface area contributed by atoms with Crippen molar-refractivity contribution in [3.8, 4) is 5.75 Å². The number of para-hydroxylation sites is 1. The van der Waals surface area contributed by atoms with E-state index in [1.807, 2.05) is 53.1 Å². The zero-order chi connectivity index (χ0) is 16.9. The first-order valence-electron chi connectivity index (χ1n) is 7.39. The molecule has 0 bridgehead atoms. The second kappa shape index (κ2) is 7.19. The van der Waals surface area contributed by atoms with Gasteiger partial charge in [0.05, 0.1) is 12.8 Å². The van der Waals surface area contributed by atoms with Gasteiger partial charge in [0.1, 0.15) is 11.4 Å². The van der Waals surface area contributed by atoms with Crippen molar-refractivity contribution in [2.45, 2.75) is 6.54 Å². The van der Waals surface area contributed by atoms with Gasteiger partial charge in [-0.2, -0.15) is 0 Å². The molecule has 0 aliphatic carbocycles. The van der Waals surface area contributed by atoms with Crippen LogP contribution < -0.4 is 10.1 Å². The molecule has 0 fully saturated rings. The summed E-state index contributed by atoms with van der Waals surface area (Å²) in [7, 11) is 1.60. The van der Waals surface area contributed by atoms with Gasteiger partial charge in [-0.1, -0.05) is 35.9 Å². The number of imidazole rings is 1. The van der Waals surface area contributed by atoms with Crippen LogP contribution in [0.5, 0.6) is 5.75 Å². The molecule has 0 aliphatic rings. The fraction of sp³-hybridized carbons (Fsp3) is 0.111. The Labute approximate surface area is 144 Å². The van der Waals surface area contributed by atoms with Crippen LogP contribution in [0.1, 0.15) is 11.3 Å². The summed E-state index contributed by atoms with van der Waals surface area (Å²) in [5.41, 5.74) is 2.31. The van der Waals surface area contributed by atoms with Gasteiger partial charge in [0.2, 0.25) is 5.91 Å². The standard InChI is InChI=1S/C18H16ClN3O2/c1-24-15-7-3-2-6-13(15)12-20-17(23)10-9-14-18(19)21-16-8-4-5-11-22(14)16/h2-11H,12H2,1H3,(H,20,23)/b10-9+. The van der Waals surface area contributed by atoms with E-state index in [-0.39, 0.29) is 5.91 Å². The number of rotatable bonds is 5. The summed E-state index contributed by atoms with van der Waals surface area (Å²) >= 11 is 6.13. The molecule has 24 heavy (non-hydrogen) atoms. The molecule has 6 heteroatoms. The van der Waals surface area contributed by atoms with E-state index in [0.29, 0.717) is 17.4 Å². The lowest BCUT2D eigenvalue weighted by molar-refractivity contribution is -0.116. The van der Waals surface area contributed by atoms with Gasteiger partial charge in [-0.15, -0.1) is 0 Å². The molecule has 3 aromatic rings. The highest BCUT2D eigenvalue weighted by atomic mass is 35.5. The van der Waals surface area contributed by atoms with Gasteiger partial charge in [0.15, 0.2) is 5.15 Å². The van der Waals surface area contributed by atoms with Crippen molar-refractivity contribution >= 4 is 29.2 Å². The number of ether oxygens (including phenoxy) is 1. The third-order valence-corrected chi connectivity index (χ3v) is 3.84. The maximum absolute atomic E-state index is 12.0. The lowest BCUT2D eigenvalue weighted by Gasteiger charge is -2.08. The summed E-state index contributed by atoms with van der Waals surface area (Å²) in [6, 6.07) is 13.2. The van der Waals surface area contributed by atoms with Crippen LogP contribution in [0.15, 0.2) is 54.7 Å². The number of hydrogen-bond donors (Lipinski definition) is 1. The zero-order valence-electron chi connectivity index (χ0n) is 13.1. The number of amides is 1. The molecule has 0 radical (unpaired) electrons. The van der Waals surface area contributed by atoms with Crippen molar-refractivity contribution in [3.63, 3.8) is 0 Å². The summed E-state index contributed by atoms with van der Waals surface area (Å²) in [5.74, 6) is 0.523. The Balaban J connectivity index is 1.70. The minimum atomic E-state index is -0.220. The van der Waals surface area contributed by atoms with Crippen molar-refractivity contribution in [3.05, 3.63) is 71.1 Å². The maximum Gasteiger partial charge on any atom is 0.244 e. The SMILES string of the molecule is COc1ccccc1CNC(=O)/C=C/c1c(Cl)nc2ccccn12. The number of aromatic nitrogens is 2. The molecule has 0 atom stereocenters. The summed E-state index contributed by atoms with van der Waals surface area (Å²) in [5, 5.41) is 3.18. The minimum Gasteiger partial charge on any atom is -0.496 e. The third-order valence-electron chi connectivity index (χ3n) is 3.56. The summed E-state index contributed by atoms with van der Waals surface area (Å²) < 4.78 is 7.09. The Morgan fingerprint density at radius 2 is 2.08 bits per heavy atom. The number of nitrogens with zero attached hydrogens (tertiary/aromatic N) is 2. The normalized spacial score (nSPS) is 11.1. The molecule has 0 saturated carbocycles. The van der Waals surface area contributed by atoms with Gasteiger partial charge in [0, 0.05) is 24.4 Å². The molecule has 2 aromatic heterocycles. The van der Waals surface area contributed by atoms with Crippen LogP contribution in [-0.2, 0) is 11.3 Å².